The van der Waals surface area contributed by atoms with Crippen molar-refractivity contribution in [3.05, 3.63) is 35.4 Å². The number of hydrogen-bond donors (Lipinski definition) is 1. The minimum Gasteiger partial charge on any atom is -0.376 e. The molecule has 3 unspecified atom stereocenters. The summed E-state index contributed by atoms with van der Waals surface area (Å²) >= 11 is 0. The van der Waals surface area contributed by atoms with Crippen LogP contribution in [-0.2, 0) is 22.6 Å². The topological polar surface area (TPSA) is 50.8 Å². The summed E-state index contributed by atoms with van der Waals surface area (Å²) in [7, 11) is 0. The van der Waals surface area contributed by atoms with Crippen LogP contribution in [0.4, 0.5) is 13.6 Å². The van der Waals surface area contributed by atoms with Crippen molar-refractivity contribution in [1.29, 1.82) is 0 Å². The molecule has 2 amide bonds. The lowest BCUT2D eigenvalue weighted by Gasteiger charge is -2.41. The third-order valence-corrected chi connectivity index (χ3v) is 5.62. The highest BCUT2D eigenvalue weighted by Gasteiger charge is 2.47. The van der Waals surface area contributed by atoms with Crippen LogP contribution in [0.5, 0.6) is 0 Å². The van der Waals surface area contributed by atoms with E-state index in [9.17, 15) is 13.6 Å². The van der Waals surface area contributed by atoms with Crippen molar-refractivity contribution in [1.82, 2.24) is 10.2 Å². The molecular formula is C21H30F2N2O3. The maximum absolute atomic E-state index is 13.9. The number of ether oxygens (including phenoxy) is 2. The highest BCUT2D eigenvalue weighted by atomic mass is 19.3. The maximum Gasteiger partial charge on any atom is 0.317 e. The Morgan fingerprint density at radius 1 is 1.29 bits per heavy atom. The molecule has 3 atom stereocenters. The van der Waals surface area contributed by atoms with E-state index in [0.29, 0.717) is 19.8 Å². The van der Waals surface area contributed by atoms with E-state index in [0.717, 1.165) is 30.6 Å². The van der Waals surface area contributed by atoms with Crippen LogP contribution in [0, 0.1) is 11.8 Å². The van der Waals surface area contributed by atoms with Gasteiger partial charge >= 0.3 is 6.03 Å². The van der Waals surface area contributed by atoms with Crippen molar-refractivity contribution < 1.29 is 23.0 Å². The van der Waals surface area contributed by atoms with E-state index in [2.05, 4.69) is 5.32 Å². The zero-order chi connectivity index (χ0) is 20.1. The summed E-state index contributed by atoms with van der Waals surface area (Å²) < 4.78 is 39.2. The summed E-state index contributed by atoms with van der Waals surface area (Å²) in [6.07, 6.45) is 2.34. The summed E-state index contributed by atoms with van der Waals surface area (Å²) in [6.45, 7) is 5.39. The molecule has 0 radical (unpaired) electrons. The largest absolute Gasteiger partial charge is 0.376 e. The molecule has 0 saturated carbocycles. The molecule has 0 aromatic heterocycles. The zero-order valence-corrected chi connectivity index (χ0v) is 16.6. The van der Waals surface area contributed by atoms with Crippen molar-refractivity contribution in [3.8, 4) is 0 Å². The highest BCUT2D eigenvalue weighted by molar-refractivity contribution is 5.74. The maximum atomic E-state index is 13.9. The number of carbonyl (C=O) groups is 1. The van der Waals surface area contributed by atoms with E-state index < -0.39 is 17.8 Å². The van der Waals surface area contributed by atoms with Crippen LogP contribution in [0.1, 0.15) is 37.8 Å². The van der Waals surface area contributed by atoms with Crippen LogP contribution in [0.3, 0.4) is 0 Å². The number of likely N-dealkylation sites (tertiary alicyclic amines) is 1. The number of hydrogen-bond acceptors (Lipinski definition) is 3. The van der Waals surface area contributed by atoms with Gasteiger partial charge in [0.1, 0.15) is 0 Å². The SMILES string of the molecule is CC1CN(C(=O)NCc2cccc(COCC3CCCO3)c2)CC(C)C1(F)F. The number of piperidine rings is 1. The van der Waals surface area contributed by atoms with Gasteiger partial charge in [0, 0.05) is 38.1 Å². The van der Waals surface area contributed by atoms with E-state index in [1.165, 1.54) is 18.7 Å². The lowest BCUT2D eigenvalue weighted by atomic mass is 9.87. The number of amides is 2. The first-order valence-corrected chi connectivity index (χ1v) is 10.0. The van der Waals surface area contributed by atoms with Crippen LogP contribution in [0.25, 0.3) is 0 Å². The summed E-state index contributed by atoms with van der Waals surface area (Å²) in [4.78, 5) is 13.9. The molecule has 2 saturated heterocycles. The lowest BCUT2D eigenvalue weighted by Crippen LogP contribution is -2.55. The predicted molar refractivity (Wildman–Crippen MR) is 102 cm³/mol. The molecule has 1 aromatic carbocycles. The summed E-state index contributed by atoms with van der Waals surface area (Å²) in [6, 6.07) is 7.54. The van der Waals surface area contributed by atoms with Gasteiger partial charge in [-0.3, -0.25) is 0 Å². The second-order valence-electron chi connectivity index (χ2n) is 8.01. The van der Waals surface area contributed by atoms with E-state index in [1.54, 1.807) is 0 Å². The van der Waals surface area contributed by atoms with Gasteiger partial charge in [0.15, 0.2) is 0 Å². The molecular weight excluding hydrogens is 366 g/mol. The van der Waals surface area contributed by atoms with Crippen molar-refractivity contribution in [3.63, 3.8) is 0 Å². The van der Waals surface area contributed by atoms with E-state index in [1.807, 2.05) is 24.3 Å². The molecule has 28 heavy (non-hydrogen) atoms. The number of benzene rings is 1. The molecule has 7 heteroatoms. The molecule has 0 bridgehead atoms. The average Bonchev–Trinajstić information content (AvgIpc) is 3.18. The first-order chi connectivity index (χ1) is 13.4. The van der Waals surface area contributed by atoms with Gasteiger partial charge in [0.25, 0.3) is 5.92 Å². The van der Waals surface area contributed by atoms with Gasteiger partial charge in [-0.1, -0.05) is 38.1 Å². The van der Waals surface area contributed by atoms with Crippen LogP contribution >= 0.6 is 0 Å². The number of halogens is 2. The van der Waals surface area contributed by atoms with Gasteiger partial charge in [0.2, 0.25) is 0 Å². The Balaban J connectivity index is 1.45. The van der Waals surface area contributed by atoms with Gasteiger partial charge in [0.05, 0.1) is 19.3 Å². The third-order valence-electron chi connectivity index (χ3n) is 5.62. The number of nitrogens with zero attached hydrogens (tertiary/aromatic N) is 1. The Hall–Kier alpha value is -1.73. The summed E-state index contributed by atoms with van der Waals surface area (Å²) in [5.41, 5.74) is 1.99. The fraction of sp³-hybridized carbons (Fsp3) is 0.667. The molecule has 3 rings (SSSR count). The molecule has 2 aliphatic rings. The number of alkyl halides is 2. The van der Waals surface area contributed by atoms with Gasteiger partial charge in [-0.25, -0.2) is 13.6 Å². The Kier molecular flexibility index (Phi) is 6.88. The standard InChI is InChI=1S/C21H30F2N2O3/c1-15-11-25(12-16(2)21(15,22)23)20(26)24-10-17-5-3-6-18(9-17)13-27-14-19-7-4-8-28-19/h3,5-6,9,15-16,19H,4,7-8,10-14H2,1-2H3,(H,24,26). The molecule has 0 spiro atoms. The molecule has 1 aromatic rings. The first kappa shape index (κ1) is 21.0. The minimum atomic E-state index is -2.73. The van der Waals surface area contributed by atoms with Crippen molar-refractivity contribution in [2.24, 2.45) is 11.8 Å². The zero-order valence-electron chi connectivity index (χ0n) is 16.6. The fourth-order valence-electron chi connectivity index (χ4n) is 3.83. The predicted octanol–water partition coefficient (Wildman–Crippen LogP) is 3.81. The van der Waals surface area contributed by atoms with Crippen LogP contribution in [0.2, 0.25) is 0 Å². The van der Waals surface area contributed by atoms with Crippen LogP contribution in [0.15, 0.2) is 24.3 Å². The molecule has 5 nitrogen and oxygen atoms in total. The monoisotopic (exact) mass is 396 g/mol. The van der Waals surface area contributed by atoms with Gasteiger partial charge in [-0.15, -0.1) is 0 Å². The Bertz CT molecular complexity index is 651. The average molecular weight is 396 g/mol. The molecule has 1 N–H and O–H groups in total. The van der Waals surface area contributed by atoms with Crippen molar-refractivity contribution in [2.75, 3.05) is 26.3 Å². The van der Waals surface area contributed by atoms with Gasteiger partial charge < -0.3 is 19.7 Å². The van der Waals surface area contributed by atoms with Crippen LogP contribution in [-0.4, -0.2) is 49.3 Å². The number of carbonyl (C=O) groups excluding carboxylic acids is 1. The quantitative estimate of drug-likeness (QED) is 0.795. The molecule has 2 fully saturated rings. The van der Waals surface area contributed by atoms with Gasteiger partial charge in [-0.05, 0) is 24.0 Å². The Morgan fingerprint density at radius 2 is 2.00 bits per heavy atom. The van der Waals surface area contributed by atoms with Gasteiger partial charge in [-0.2, -0.15) is 0 Å². The minimum absolute atomic E-state index is 0.0697. The van der Waals surface area contributed by atoms with E-state index >= 15 is 0 Å². The second kappa shape index (κ2) is 9.18. The Morgan fingerprint density at radius 3 is 2.68 bits per heavy atom. The first-order valence-electron chi connectivity index (χ1n) is 10.0. The fourth-order valence-corrected chi connectivity index (χ4v) is 3.83. The van der Waals surface area contributed by atoms with Crippen LogP contribution < -0.4 is 5.32 Å². The smallest absolute Gasteiger partial charge is 0.317 e. The van der Waals surface area contributed by atoms with Crippen molar-refractivity contribution >= 4 is 6.03 Å². The van der Waals surface area contributed by atoms with E-state index in [4.69, 9.17) is 9.47 Å². The number of urea groups is 1. The number of rotatable bonds is 6. The molecule has 2 heterocycles. The third kappa shape index (κ3) is 5.20. The second-order valence-corrected chi connectivity index (χ2v) is 8.01. The molecule has 156 valence electrons. The summed E-state index contributed by atoms with van der Waals surface area (Å²) in [5.74, 6) is -4.41. The molecule has 2 aliphatic heterocycles. The van der Waals surface area contributed by atoms with E-state index in [-0.39, 0.29) is 25.2 Å². The lowest BCUT2D eigenvalue weighted by molar-refractivity contribution is -0.131. The number of nitrogens with one attached hydrogen (secondary N) is 1. The normalized spacial score (nSPS) is 27.0. The van der Waals surface area contributed by atoms with Crippen molar-refractivity contribution in [2.45, 2.75) is 51.9 Å². The molecule has 0 aliphatic carbocycles. The highest BCUT2D eigenvalue weighted by Crippen LogP contribution is 2.37. The Labute approximate surface area is 165 Å². The summed E-state index contributed by atoms with van der Waals surface area (Å²) in [5, 5.41) is 2.85.